The number of amides is 1. The summed E-state index contributed by atoms with van der Waals surface area (Å²) in [4.78, 5) is 17.5. The van der Waals surface area contributed by atoms with E-state index in [0.29, 0.717) is 40.0 Å². The van der Waals surface area contributed by atoms with E-state index >= 15 is 0 Å². The molecule has 4 rings (SSSR count). The highest BCUT2D eigenvalue weighted by atomic mass is 19.1. The van der Waals surface area contributed by atoms with Crippen molar-refractivity contribution in [2.24, 2.45) is 0 Å². The van der Waals surface area contributed by atoms with Crippen molar-refractivity contribution in [1.82, 2.24) is 14.8 Å². The summed E-state index contributed by atoms with van der Waals surface area (Å²) in [6.45, 7) is 1.74. The molecule has 0 saturated heterocycles. The van der Waals surface area contributed by atoms with Gasteiger partial charge in [0.15, 0.2) is 0 Å². The van der Waals surface area contributed by atoms with Crippen molar-refractivity contribution < 1.29 is 18.7 Å². The maximum Gasteiger partial charge on any atom is 0.255 e. The standard InChI is InChI=1S/C21H20FN5O3/c1-12-18(20(28)26-16-10-13(29-2)8-9-17(16)30-3)19(14-6-4-5-7-15(14)22)27-21(25-12)23-11-24-27/h4-11,19H,1-3H3,(H,26,28)(H,23,24,25). The van der Waals surface area contributed by atoms with E-state index < -0.39 is 17.8 Å². The Bertz CT molecular complexity index is 1140. The number of aromatic nitrogens is 3. The topological polar surface area (TPSA) is 90.3 Å². The number of halogens is 1. The Labute approximate surface area is 172 Å². The van der Waals surface area contributed by atoms with Gasteiger partial charge in [0.25, 0.3) is 5.91 Å². The number of nitrogens with one attached hydrogen (secondary N) is 2. The molecule has 2 N–H and O–H groups in total. The zero-order chi connectivity index (χ0) is 21.3. The van der Waals surface area contributed by atoms with Crippen LogP contribution in [0.2, 0.25) is 0 Å². The molecule has 0 spiro atoms. The largest absolute Gasteiger partial charge is 0.497 e. The molecule has 8 nitrogen and oxygen atoms in total. The van der Waals surface area contributed by atoms with Crippen molar-refractivity contribution in [2.75, 3.05) is 24.9 Å². The van der Waals surface area contributed by atoms with E-state index in [1.54, 1.807) is 43.3 Å². The molecule has 0 aliphatic carbocycles. The van der Waals surface area contributed by atoms with Gasteiger partial charge in [-0.15, -0.1) is 0 Å². The molecular weight excluding hydrogens is 389 g/mol. The van der Waals surface area contributed by atoms with Crippen LogP contribution in [0.5, 0.6) is 11.5 Å². The highest BCUT2D eigenvalue weighted by Crippen LogP contribution is 2.37. The second-order valence-corrected chi connectivity index (χ2v) is 6.64. The molecule has 1 unspecified atom stereocenters. The molecule has 9 heteroatoms. The summed E-state index contributed by atoms with van der Waals surface area (Å²) in [6.07, 6.45) is 1.36. The summed E-state index contributed by atoms with van der Waals surface area (Å²) >= 11 is 0. The van der Waals surface area contributed by atoms with Gasteiger partial charge >= 0.3 is 0 Å². The molecule has 30 heavy (non-hydrogen) atoms. The van der Waals surface area contributed by atoms with Gasteiger partial charge in [-0.3, -0.25) is 4.79 Å². The molecule has 154 valence electrons. The molecule has 3 aromatic rings. The van der Waals surface area contributed by atoms with E-state index in [1.165, 1.54) is 31.3 Å². The number of ether oxygens (including phenoxy) is 2. The van der Waals surface area contributed by atoms with Crippen molar-refractivity contribution in [3.05, 3.63) is 71.4 Å². The van der Waals surface area contributed by atoms with Crippen LogP contribution in [0.15, 0.2) is 60.1 Å². The number of carbonyl (C=O) groups is 1. The van der Waals surface area contributed by atoms with Crippen LogP contribution < -0.4 is 20.1 Å². The maximum atomic E-state index is 14.7. The van der Waals surface area contributed by atoms with Gasteiger partial charge in [0.05, 0.1) is 25.5 Å². The Hall–Kier alpha value is -3.88. The second kappa shape index (κ2) is 7.86. The Kier molecular flexibility index (Phi) is 5.09. The molecule has 0 fully saturated rings. The Morgan fingerprint density at radius 1 is 1.20 bits per heavy atom. The van der Waals surface area contributed by atoms with Gasteiger partial charge < -0.3 is 20.1 Å². The number of allylic oxidation sites excluding steroid dienone is 1. The Balaban J connectivity index is 1.78. The minimum absolute atomic E-state index is 0.308. The number of fused-ring (bicyclic) bond motifs is 1. The van der Waals surface area contributed by atoms with Crippen LogP contribution in [-0.2, 0) is 4.79 Å². The van der Waals surface area contributed by atoms with Crippen LogP contribution in [0.1, 0.15) is 18.5 Å². The minimum atomic E-state index is -0.790. The first kappa shape index (κ1) is 19.4. The van der Waals surface area contributed by atoms with Crippen LogP contribution in [-0.4, -0.2) is 34.9 Å². The lowest BCUT2D eigenvalue weighted by Gasteiger charge is -2.29. The quantitative estimate of drug-likeness (QED) is 0.672. The molecule has 1 aliphatic heterocycles. The molecule has 2 heterocycles. The minimum Gasteiger partial charge on any atom is -0.497 e. The first-order valence-corrected chi connectivity index (χ1v) is 9.18. The Morgan fingerprint density at radius 2 is 2.00 bits per heavy atom. The molecule has 2 aromatic carbocycles. The van der Waals surface area contributed by atoms with E-state index in [4.69, 9.17) is 9.47 Å². The van der Waals surface area contributed by atoms with Crippen molar-refractivity contribution in [3.63, 3.8) is 0 Å². The van der Waals surface area contributed by atoms with E-state index in [9.17, 15) is 9.18 Å². The fourth-order valence-corrected chi connectivity index (χ4v) is 3.47. The summed E-state index contributed by atoms with van der Waals surface area (Å²) in [5, 5.41) is 10.1. The molecule has 0 saturated carbocycles. The lowest BCUT2D eigenvalue weighted by atomic mass is 9.94. The van der Waals surface area contributed by atoms with Gasteiger partial charge in [-0.05, 0) is 25.1 Å². The van der Waals surface area contributed by atoms with Crippen molar-refractivity contribution >= 4 is 17.5 Å². The monoisotopic (exact) mass is 409 g/mol. The molecular formula is C21H20FN5O3. The third-order valence-electron chi connectivity index (χ3n) is 4.89. The third kappa shape index (κ3) is 3.34. The Morgan fingerprint density at radius 3 is 2.73 bits per heavy atom. The van der Waals surface area contributed by atoms with E-state index in [-0.39, 0.29) is 0 Å². The van der Waals surface area contributed by atoms with Crippen molar-refractivity contribution in [1.29, 1.82) is 0 Å². The molecule has 0 bridgehead atoms. The van der Waals surface area contributed by atoms with Gasteiger partial charge in [0, 0.05) is 17.3 Å². The van der Waals surface area contributed by atoms with Crippen LogP contribution in [0, 0.1) is 5.82 Å². The average molecular weight is 409 g/mol. The summed E-state index contributed by atoms with van der Waals surface area (Å²) in [5.74, 6) is 0.581. The number of carbonyl (C=O) groups excluding carboxylic acids is 1. The van der Waals surface area contributed by atoms with Crippen molar-refractivity contribution in [3.8, 4) is 11.5 Å². The molecule has 1 aliphatic rings. The number of hydrogen-bond acceptors (Lipinski definition) is 6. The number of nitrogens with zero attached hydrogens (tertiary/aromatic N) is 3. The molecule has 1 amide bonds. The van der Waals surface area contributed by atoms with E-state index in [0.717, 1.165) is 0 Å². The first-order valence-electron chi connectivity index (χ1n) is 9.18. The number of benzene rings is 2. The zero-order valence-corrected chi connectivity index (χ0v) is 16.6. The van der Waals surface area contributed by atoms with Gasteiger partial charge in [-0.1, -0.05) is 18.2 Å². The number of anilines is 2. The lowest BCUT2D eigenvalue weighted by molar-refractivity contribution is -0.113. The molecule has 1 atom stereocenters. The van der Waals surface area contributed by atoms with Gasteiger partial charge in [-0.25, -0.2) is 9.07 Å². The normalized spacial score (nSPS) is 15.3. The first-order chi connectivity index (χ1) is 14.5. The highest BCUT2D eigenvalue weighted by molar-refractivity contribution is 6.06. The summed E-state index contributed by atoms with van der Waals surface area (Å²) in [6, 6.07) is 10.6. The lowest BCUT2D eigenvalue weighted by Crippen LogP contribution is -2.32. The number of hydrogen-bond donors (Lipinski definition) is 2. The average Bonchev–Trinajstić information content (AvgIpc) is 3.21. The maximum absolute atomic E-state index is 14.7. The second-order valence-electron chi connectivity index (χ2n) is 6.64. The van der Waals surface area contributed by atoms with Gasteiger partial charge in [0.2, 0.25) is 5.95 Å². The summed E-state index contributed by atoms with van der Waals surface area (Å²) in [5.41, 5.74) is 1.60. The fourth-order valence-electron chi connectivity index (χ4n) is 3.47. The van der Waals surface area contributed by atoms with Crippen LogP contribution in [0.4, 0.5) is 16.0 Å². The summed E-state index contributed by atoms with van der Waals surface area (Å²) in [7, 11) is 3.04. The summed E-state index contributed by atoms with van der Waals surface area (Å²) < 4.78 is 26.8. The predicted molar refractivity (Wildman–Crippen MR) is 109 cm³/mol. The fraction of sp³-hybridized carbons (Fsp3) is 0.190. The third-order valence-corrected chi connectivity index (χ3v) is 4.89. The highest BCUT2D eigenvalue weighted by Gasteiger charge is 2.35. The van der Waals surface area contributed by atoms with Crippen LogP contribution >= 0.6 is 0 Å². The van der Waals surface area contributed by atoms with Gasteiger partial charge in [-0.2, -0.15) is 10.1 Å². The van der Waals surface area contributed by atoms with Crippen molar-refractivity contribution in [2.45, 2.75) is 13.0 Å². The van der Waals surface area contributed by atoms with Crippen LogP contribution in [0.25, 0.3) is 0 Å². The SMILES string of the molecule is COc1ccc(OC)c(NC(=O)C2=C(C)Nc3ncnn3C2c2ccccc2F)c1. The van der Waals surface area contributed by atoms with Gasteiger partial charge in [0.1, 0.15) is 29.7 Å². The van der Waals surface area contributed by atoms with Crippen LogP contribution in [0.3, 0.4) is 0 Å². The number of rotatable bonds is 5. The van der Waals surface area contributed by atoms with E-state index in [1.807, 2.05) is 0 Å². The smallest absolute Gasteiger partial charge is 0.255 e. The molecule has 0 radical (unpaired) electrons. The number of methoxy groups -OCH3 is 2. The molecule has 1 aromatic heterocycles. The predicted octanol–water partition coefficient (Wildman–Crippen LogP) is 3.36. The van der Waals surface area contributed by atoms with E-state index in [2.05, 4.69) is 20.7 Å². The zero-order valence-electron chi connectivity index (χ0n) is 16.6.